The average Bonchev–Trinajstić information content (AvgIpc) is 3.26. The van der Waals surface area contributed by atoms with E-state index in [4.69, 9.17) is 22.1 Å². The van der Waals surface area contributed by atoms with Crippen molar-refractivity contribution in [1.82, 2.24) is 19.6 Å². The summed E-state index contributed by atoms with van der Waals surface area (Å²) in [5.41, 5.74) is 6.40. The number of benzene rings is 2. The SMILES string of the molecule is NC(=O)c1ccn(C(=O)N2CCN(Cc3cccc(Oc4ccc(Cl)cc4)c3)CC2)n1. The summed E-state index contributed by atoms with van der Waals surface area (Å²) in [6.07, 6.45) is 1.46. The smallest absolute Gasteiger partial charge is 0.344 e. The maximum atomic E-state index is 12.6. The summed E-state index contributed by atoms with van der Waals surface area (Å²) in [7, 11) is 0. The van der Waals surface area contributed by atoms with E-state index in [2.05, 4.69) is 16.1 Å². The minimum Gasteiger partial charge on any atom is -0.457 e. The summed E-state index contributed by atoms with van der Waals surface area (Å²) < 4.78 is 7.07. The summed E-state index contributed by atoms with van der Waals surface area (Å²) >= 11 is 5.92. The zero-order valence-electron chi connectivity index (χ0n) is 16.8. The van der Waals surface area contributed by atoms with Crippen molar-refractivity contribution in [3.05, 3.63) is 77.1 Å². The average molecular weight is 440 g/mol. The quantitative estimate of drug-likeness (QED) is 0.658. The molecule has 31 heavy (non-hydrogen) atoms. The molecular weight excluding hydrogens is 418 g/mol. The van der Waals surface area contributed by atoms with Gasteiger partial charge in [0.2, 0.25) is 0 Å². The monoisotopic (exact) mass is 439 g/mol. The Balaban J connectivity index is 1.32. The first-order valence-corrected chi connectivity index (χ1v) is 10.3. The van der Waals surface area contributed by atoms with E-state index in [0.29, 0.717) is 18.1 Å². The van der Waals surface area contributed by atoms with E-state index in [1.165, 1.54) is 12.3 Å². The van der Waals surface area contributed by atoms with Gasteiger partial charge in [-0.05, 0) is 48.0 Å². The van der Waals surface area contributed by atoms with E-state index in [1.807, 2.05) is 30.3 Å². The van der Waals surface area contributed by atoms with Gasteiger partial charge in [-0.2, -0.15) is 9.78 Å². The zero-order valence-corrected chi connectivity index (χ0v) is 17.5. The Bertz CT molecular complexity index is 1070. The molecule has 0 bridgehead atoms. The molecule has 2 heterocycles. The third-order valence-electron chi connectivity index (χ3n) is 5.03. The predicted molar refractivity (Wildman–Crippen MR) is 116 cm³/mol. The fourth-order valence-corrected chi connectivity index (χ4v) is 3.53. The number of primary amides is 1. The fraction of sp³-hybridized carbons (Fsp3) is 0.227. The van der Waals surface area contributed by atoms with Crippen LogP contribution < -0.4 is 10.5 Å². The molecule has 3 aromatic rings. The number of piperazine rings is 1. The molecule has 1 saturated heterocycles. The van der Waals surface area contributed by atoms with E-state index in [1.54, 1.807) is 17.0 Å². The van der Waals surface area contributed by atoms with Crippen molar-refractivity contribution in [2.24, 2.45) is 5.73 Å². The highest BCUT2D eigenvalue weighted by Crippen LogP contribution is 2.24. The lowest BCUT2D eigenvalue weighted by molar-refractivity contribution is 0.0995. The van der Waals surface area contributed by atoms with Crippen molar-refractivity contribution < 1.29 is 14.3 Å². The van der Waals surface area contributed by atoms with Gasteiger partial charge in [0.1, 0.15) is 11.5 Å². The molecule has 1 aliphatic heterocycles. The van der Waals surface area contributed by atoms with Gasteiger partial charge >= 0.3 is 6.03 Å². The van der Waals surface area contributed by atoms with E-state index >= 15 is 0 Å². The molecule has 0 unspecified atom stereocenters. The molecule has 2 N–H and O–H groups in total. The molecule has 1 aromatic heterocycles. The largest absolute Gasteiger partial charge is 0.457 e. The Kier molecular flexibility index (Phi) is 6.20. The number of carbonyl (C=O) groups is 2. The van der Waals surface area contributed by atoms with E-state index in [0.717, 1.165) is 41.4 Å². The first-order chi connectivity index (χ1) is 15.0. The van der Waals surface area contributed by atoms with Crippen molar-refractivity contribution >= 4 is 23.5 Å². The number of carbonyl (C=O) groups excluding carboxylic acids is 2. The van der Waals surface area contributed by atoms with E-state index in [-0.39, 0.29) is 11.7 Å². The Labute approximate surface area is 184 Å². The number of aromatic nitrogens is 2. The Morgan fingerprint density at radius 3 is 2.42 bits per heavy atom. The minimum absolute atomic E-state index is 0.0766. The Hall–Kier alpha value is -3.36. The van der Waals surface area contributed by atoms with Crippen molar-refractivity contribution in [2.75, 3.05) is 26.2 Å². The summed E-state index contributed by atoms with van der Waals surface area (Å²) in [4.78, 5) is 27.7. The second kappa shape index (κ2) is 9.20. The first-order valence-electron chi connectivity index (χ1n) is 9.87. The third-order valence-corrected chi connectivity index (χ3v) is 5.29. The number of nitrogens with zero attached hydrogens (tertiary/aromatic N) is 4. The van der Waals surface area contributed by atoms with Crippen LogP contribution in [0.3, 0.4) is 0 Å². The molecular formula is C22H22ClN5O3. The molecule has 0 saturated carbocycles. The molecule has 0 aliphatic carbocycles. The topological polar surface area (TPSA) is 93.7 Å². The highest BCUT2D eigenvalue weighted by Gasteiger charge is 2.23. The molecule has 2 aromatic carbocycles. The number of rotatable bonds is 5. The van der Waals surface area contributed by atoms with Gasteiger partial charge in [0.05, 0.1) is 0 Å². The van der Waals surface area contributed by atoms with Crippen molar-refractivity contribution in [2.45, 2.75) is 6.54 Å². The molecule has 160 valence electrons. The normalized spacial score (nSPS) is 14.4. The predicted octanol–water partition coefficient (Wildman–Crippen LogP) is 3.21. The molecule has 2 amide bonds. The number of halogens is 1. The van der Waals surface area contributed by atoms with Crippen LogP contribution in [0.5, 0.6) is 11.5 Å². The van der Waals surface area contributed by atoms with Crippen LogP contribution in [0.15, 0.2) is 60.8 Å². The Morgan fingerprint density at radius 2 is 1.74 bits per heavy atom. The number of amides is 2. The number of hydrogen-bond donors (Lipinski definition) is 1. The lowest BCUT2D eigenvalue weighted by Gasteiger charge is -2.34. The summed E-state index contributed by atoms with van der Waals surface area (Å²) in [5, 5.41) is 4.60. The van der Waals surface area contributed by atoms with Gasteiger partial charge in [-0.25, -0.2) is 4.79 Å². The van der Waals surface area contributed by atoms with Crippen LogP contribution in [0.1, 0.15) is 16.1 Å². The number of ether oxygens (including phenoxy) is 1. The van der Waals surface area contributed by atoms with Crippen LogP contribution in [0.4, 0.5) is 4.79 Å². The van der Waals surface area contributed by atoms with Gasteiger partial charge < -0.3 is 15.4 Å². The highest BCUT2D eigenvalue weighted by atomic mass is 35.5. The second-order valence-corrected chi connectivity index (χ2v) is 7.70. The maximum Gasteiger partial charge on any atom is 0.344 e. The van der Waals surface area contributed by atoms with Crippen LogP contribution in [0, 0.1) is 0 Å². The summed E-state index contributed by atoms with van der Waals surface area (Å²) in [6, 6.07) is 16.4. The maximum absolute atomic E-state index is 12.6. The second-order valence-electron chi connectivity index (χ2n) is 7.26. The number of hydrogen-bond acceptors (Lipinski definition) is 5. The van der Waals surface area contributed by atoms with Crippen LogP contribution in [-0.4, -0.2) is 57.7 Å². The fourth-order valence-electron chi connectivity index (χ4n) is 3.41. The molecule has 1 fully saturated rings. The van der Waals surface area contributed by atoms with Gasteiger partial charge in [-0.15, -0.1) is 0 Å². The number of nitrogens with two attached hydrogens (primary N) is 1. The van der Waals surface area contributed by atoms with Crippen molar-refractivity contribution in [1.29, 1.82) is 0 Å². The summed E-state index contributed by atoms with van der Waals surface area (Å²) in [6.45, 7) is 3.38. The zero-order chi connectivity index (χ0) is 21.8. The molecule has 8 nitrogen and oxygen atoms in total. The van der Waals surface area contributed by atoms with Crippen LogP contribution >= 0.6 is 11.6 Å². The van der Waals surface area contributed by atoms with E-state index < -0.39 is 5.91 Å². The van der Waals surface area contributed by atoms with Gasteiger partial charge in [-0.1, -0.05) is 23.7 Å². The van der Waals surface area contributed by atoms with Crippen molar-refractivity contribution in [3.8, 4) is 11.5 Å². The van der Waals surface area contributed by atoms with Crippen LogP contribution in [0.2, 0.25) is 5.02 Å². The first kappa shape index (κ1) is 20.9. The minimum atomic E-state index is -0.654. The molecule has 4 rings (SSSR count). The Morgan fingerprint density at radius 1 is 1.00 bits per heavy atom. The van der Waals surface area contributed by atoms with Gasteiger partial charge in [-0.3, -0.25) is 9.69 Å². The molecule has 0 atom stereocenters. The van der Waals surface area contributed by atoms with Crippen LogP contribution in [-0.2, 0) is 6.54 Å². The third kappa shape index (κ3) is 5.22. The molecule has 9 heteroatoms. The standard InChI is InChI=1S/C22H22ClN5O3/c23-17-4-6-18(7-5-17)31-19-3-1-2-16(14-19)15-26-10-12-27(13-11-26)22(30)28-9-8-20(25-28)21(24)29/h1-9,14H,10-13,15H2,(H2,24,29). The molecule has 1 aliphatic rings. The van der Waals surface area contributed by atoms with Crippen molar-refractivity contribution in [3.63, 3.8) is 0 Å². The lowest BCUT2D eigenvalue weighted by atomic mass is 10.2. The lowest BCUT2D eigenvalue weighted by Crippen LogP contribution is -2.49. The highest BCUT2D eigenvalue weighted by molar-refractivity contribution is 6.30. The van der Waals surface area contributed by atoms with E-state index in [9.17, 15) is 9.59 Å². The molecule has 0 radical (unpaired) electrons. The summed E-state index contributed by atoms with van der Waals surface area (Å²) in [5.74, 6) is 0.836. The van der Waals surface area contributed by atoms with Gasteiger partial charge in [0, 0.05) is 43.9 Å². The van der Waals surface area contributed by atoms with Gasteiger partial charge in [0.25, 0.3) is 5.91 Å². The van der Waals surface area contributed by atoms with Crippen LogP contribution in [0.25, 0.3) is 0 Å². The van der Waals surface area contributed by atoms with Gasteiger partial charge in [0.15, 0.2) is 5.69 Å². The molecule has 0 spiro atoms.